The number of aryl methyl sites for hydroxylation is 2. The van der Waals surface area contributed by atoms with Crippen LogP contribution in [0.1, 0.15) is 18.2 Å². The number of nitrogens with one attached hydrogen (secondary N) is 1. The van der Waals surface area contributed by atoms with E-state index < -0.39 is 4.92 Å². The number of rotatable bonds is 4. The molecular weight excluding hydrogens is 256 g/mol. The Bertz CT molecular complexity index is 656. The Morgan fingerprint density at radius 2 is 2.00 bits per heavy atom. The summed E-state index contributed by atoms with van der Waals surface area (Å²) in [5.74, 6) is 1.23. The Labute approximate surface area is 117 Å². The van der Waals surface area contributed by atoms with Gasteiger partial charge < -0.3 is 5.32 Å². The summed E-state index contributed by atoms with van der Waals surface area (Å²) in [6.07, 6.45) is 0. The first kappa shape index (κ1) is 13.9. The third-order valence-electron chi connectivity index (χ3n) is 2.88. The number of non-ortho nitro benzene ring substituents is 1. The molecule has 1 N–H and O–H groups in total. The van der Waals surface area contributed by atoms with Gasteiger partial charge in [-0.05, 0) is 26.3 Å². The fourth-order valence-electron chi connectivity index (χ4n) is 1.93. The highest BCUT2D eigenvalue weighted by Crippen LogP contribution is 2.26. The zero-order valence-corrected chi connectivity index (χ0v) is 11.7. The van der Waals surface area contributed by atoms with Gasteiger partial charge in [0.25, 0.3) is 5.69 Å². The molecule has 104 valence electrons. The molecule has 0 bridgehead atoms. The summed E-state index contributed by atoms with van der Waals surface area (Å²) in [7, 11) is 0. The number of nitro benzene ring substituents is 1. The number of aromatic nitrogens is 2. The van der Waals surface area contributed by atoms with Crippen LogP contribution in [0.2, 0.25) is 0 Å². The molecule has 0 saturated carbocycles. The Hall–Kier alpha value is -2.50. The molecule has 0 amide bonds. The summed E-state index contributed by atoms with van der Waals surface area (Å²) in [5.41, 5.74) is 2.45. The van der Waals surface area contributed by atoms with Crippen molar-refractivity contribution >= 4 is 11.5 Å². The molecule has 0 aliphatic heterocycles. The number of nitrogens with zero attached hydrogens (tertiary/aromatic N) is 3. The summed E-state index contributed by atoms with van der Waals surface area (Å²) in [4.78, 5) is 19.3. The number of nitro groups is 1. The molecule has 6 nitrogen and oxygen atoms in total. The van der Waals surface area contributed by atoms with Gasteiger partial charge in [0.2, 0.25) is 0 Å². The van der Waals surface area contributed by atoms with E-state index in [0.29, 0.717) is 11.4 Å². The molecule has 1 aromatic heterocycles. The van der Waals surface area contributed by atoms with E-state index in [9.17, 15) is 10.1 Å². The molecule has 0 unspecified atom stereocenters. The number of anilines is 1. The zero-order chi connectivity index (χ0) is 14.7. The normalized spacial score (nSPS) is 10.3. The maximum absolute atomic E-state index is 10.9. The van der Waals surface area contributed by atoms with Gasteiger partial charge in [-0.3, -0.25) is 10.1 Å². The summed E-state index contributed by atoms with van der Waals surface area (Å²) in [6.45, 7) is 6.50. The Morgan fingerprint density at radius 3 is 2.65 bits per heavy atom. The van der Waals surface area contributed by atoms with Gasteiger partial charge in [-0.15, -0.1) is 0 Å². The number of hydrogen-bond acceptors (Lipinski definition) is 5. The second-order valence-corrected chi connectivity index (χ2v) is 4.50. The monoisotopic (exact) mass is 272 g/mol. The maximum atomic E-state index is 10.9. The van der Waals surface area contributed by atoms with Crippen molar-refractivity contribution in [3.8, 4) is 11.4 Å². The van der Waals surface area contributed by atoms with Gasteiger partial charge in [0, 0.05) is 36.0 Å². The van der Waals surface area contributed by atoms with Crippen LogP contribution in [0.15, 0.2) is 24.3 Å². The van der Waals surface area contributed by atoms with Crippen LogP contribution in [0.25, 0.3) is 11.4 Å². The van der Waals surface area contributed by atoms with Crippen LogP contribution in [0.4, 0.5) is 11.5 Å². The van der Waals surface area contributed by atoms with Crippen LogP contribution < -0.4 is 5.32 Å². The molecule has 1 aromatic carbocycles. The molecule has 0 saturated heterocycles. The molecule has 0 aliphatic carbocycles. The summed E-state index contributed by atoms with van der Waals surface area (Å²) in [5, 5.41) is 14.0. The summed E-state index contributed by atoms with van der Waals surface area (Å²) >= 11 is 0. The standard InChI is InChI=1S/C14H16N4O2/c1-4-15-13-7-10(3)16-14(17-13)12-8-11(18(19)20)6-5-9(12)2/h5-8H,4H2,1-3H3,(H,15,16,17). The second kappa shape index (κ2) is 5.64. The Kier molecular flexibility index (Phi) is 3.93. The van der Waals surface area contributed by atoms with Crippen LogP contribution in [-0.4, -0.2) is 21.4 Å². The van der Waals surface area contributed by atoms with Crippen LogP contribution in [0, 0.1) is 24.0 Å². The lowest BCUT2D eigenvalue weighted by Gasteiger charge is -2.08. The van der Waals surface area contributed by atoms with E-state index in [1.165, 1.54) is 12.1 Å². The molecule has 2 rings (SSSR count). The second-order valence-electron chi connectivity index (χ2n) is 4.50. The molecule has 0 spiro atoms. The molecule has 6 heteroatoms. The minimum absolute atomic E-state index is 0.0423. The molecule has 0 atom stereocenters. The van der Waals surface area contributed by atoms with Gasteiger partial charge in [0.15, 0.2) is 5.82 Å². The first-order valence-electron chi connectivity index (χ1n) is 6.36. The van der Waals surface area contributed by atoms with Crippen molar-refractivity contribution in [2.24, 2.45) is 0 Å². The first-order chi connectivity index (χ1) is 9.51. The lowest BCUT2D eigenvalue weighted by molar-refractivity contribution is -0.384. The fraction of sp³-hybridized carbons (Fsp3) is 0.286. The van der Waals surface area contributed by atoms with Crippen LogP contribution in [-0.2, 0) is 0 Å². The van der Waals surface area contributed by atoms with E-state index in [1.54, 1.807) is 6.07 Å². The lowest BCUT2D eigenvalue weighted by atomic mass is 10.1. The Morgan fingerprint density at radius 1 is 1.25 bits per heavy atom. The molecule has 1 heterocycles. The van der Waals surface area contributed by atoms with Crippen LogP contribution in [0.3, 0.4) is 0 Å². The van der Waals surface area contributed by atoms with Crippen molar-refractivity contribution in [1.29, 1.82) is 0 Å². The quantitative estimate of drug-likeness (QED) is 0.683. The van der Waals surface area contributed by atoms with Crippen LogP contribution >= 0.6 is 0 Å². The molecule has 0 aliphatic rings. The molecular formula is C14H16N4O2. The average Bonchev–Trinajstić information content (AvgIpc) is 2.38. The molecule has 0 radical (unpaired) electrons. The molecule has 0 fully saturated rings. The van der Waals surface area contributed by atoms with Gasteiger partial charge in [0.1, 0.15) is 5.82 Å². The Balaban J connectivity index is 2.55. The number of hydrogen-bond donors (Lipinski definition) is 1. The molecule has 20 heavy (non-hydrogen) atoms. The van der Waals surface area contributed by atoms with Gasteiger partial charge in [-0.1, -0.05) is 6.07 Å². The van der Waals surface area contributed by atoms with E-state index in [0.717, 1.165) is 23.6 Å². The van der Waals surface area contributed by atoms with Crippen molar-refractivity contribution in [2.45, 2.75) is 20.8 Å². The van der Waals surface area contributed by atoms with Crippen molar-refractivity contribution in [3.05, 3.63) is 45.6 Å². The smallest absolute Gasteiger partial charge is 0.270 e. The molecule has 2 aromatic rings. The highest BCUT2D eigenvalue weighted by molar-refractivity contribution is 5.65. The minimum Gasteiger partial charge on any atom is -0.370 e. The highest BCUT2D eigenvalue weighted by Gasteiger charge is 2.13. The van der Waals surface area contributed by atoms with E-state index in [2.05, 4.69) is 15.3 Å². The van der Waals surface area contributed by atoms with Crippen molar-refractivity contribution in [3.63, 3.8) is 0 Å². The van der Waals surface area contributed by atoms with Gasteiger partial charge in [-0.25, -0.2) is 9.97 Å². The van der Waals surface area contributed by atoms with Gasteiger partial charge in [0.05, 0.1) is 4.92 Å². The highest BCUT2D eigenvalue weighted by atomic mass is 16.6. The van der Waals surface area contributed by atoms with Gasteiger partial charge >= 0.3 is 0 Å². The summed E-state index contributed by atoms with van der Waals surface area (Å²) in [6, 6.07) is 6.56. The lowest BCUT2D eigenvalue weighted by Crippen LogP contribution is -2.03. The predicted octanol–water partition coefficient (Wildman–Crippen LogP) is 3.10. The third-order valence-corrected chi connectivity index (χ3v) is 2.88. The maximum Gasteiger partial charge on any atom is 0.270 e. The zero-order valence-electron chi connectivity index (χ0n) is 11.7. The topological polar surface area (TPSA) is 81.0 Å². The SMILES string of the molecule is CCNc1cc(C)nc(-c2cc([N+](=O)[O-])ccc2C)n1. The number of benzene rings is 1. The fourth-order valence-corrected chi connectivity index (χ4v) is 1.93. The first-order valence-corrected chi connectivity index (χ1v) is 6.36. The largest absolute Gasteiger partial charge is 0.370 e. The van der Waals surface area contributed by atoms with Crippen LogP contribution in [0.5, 0.6) is 0 Å². The van der Waals surface area contributed by atoms with Gasteiger partial charge in [-0.2, -0.15) is 0 Å². The average molecular weight is 272 g/mol. The van der Waals surface area contributed by atoms with Crippen molar-refractivity contribution in [2.75, 3.05) is 11.9 Å². The van der Waals surface area contributed by atoms with E-state index >= 15 is 0 Å². The van der Waals surface area contributed by atoms with Crippen molar-refractivity contribution < 1.29 is 4.92 Å². The van der Waals surface area contributed by atoms with E-state index in [-0.39, 0.29) is 5.69 Å². The summed E-state index contributed by atoms with van der Waals surface area (Å²) < 4.78 is 0. The third kappa shape index (κ3) is 2.90. The minimum atomic E-state index is -0.413. The van der Waals surface area contributed by atoms with E-state index in [1.807, 2.05) is 26.8 Å². The van der Waals surface area contributed by atoms with Crippen molar-refractivity contribution in [1.82, 2.24) is 9.97 Å². The van der Waals surface area contributed by atoms with E-state index in [4.69, 9.17) is 0 Å². The predicted molar refractivity (Wildman–Crippen MR) is 77.8 cm³/mol.